The first-order valence-electron chi connectivity index (χ1n) is 8.02. The lowest BCUT2D eigenvalue weighted by molar-refractivity contribution is 0.0282. The van der Waals surface area contributed by atoms with Crippen LogP contribution >= 0.6 is 0 Å². The van der Waals surface area contributed by atoms with Crippen molar-refractivity contribution in [2.24, 2.45) is 5.92 Å². The van der Waals surface area contributed by atoms with Gasteiger partial charge in [0.05, 0.1) is 11.1 Å². The summed E-state index contributed by atoms with van der Waals surface area (Å²) < 4.78 is 0. The minimum Gasteiger partial charge on any atom is -0.390 e. The lowest BCUT2D eigenvalue weighted by Gasteiger charge is -2.35. The van der Waals surface area contributed by atoms with Gasteiger partial charge in [-0.15, -0.1) is 0 Å². The summed E-state index contributed by atoms with van der Waals surface area (Å²) in [6.45, 7) is 1.47. The number of piperidine rings is 1. The summed E-state index contributed by atoms with van der Waals surface area (Å²) in [5.74, 6) is 0.312. The van der Waals surface area contributed by atoms with Crippen LogP contribution in [0.25, 0.3) is 10.9 Å². The van der Waals surface area contributed by atoms with Gasteiger partial charge in [-0.2, -0.15) is 0 Å². The molecular formula is C18H20N2O2. The molecule has 0 spiro atoms. The molecule has 1 saturated carbocycles. The van der Waals surface area contributed by atoms with Crippen LogP contribution in [-0.4, -0.2) is 39.6 Å². The van der Waals surface area contributed by atoms with Crippen LogP contribution in [0.1, 0.15) is 36.0 Å². The zero-order chi connectivity index (χ0) is 15.2. The van der Waals surface area contributed by atoms with Gasteiger partial charge in [-0.05, 0) is 49.9 Å². The highest BCUT2D eigenvalue weighted by molar-refractivity contribution is 5.98. The SMILES string of the molecule is O=C(c1ccc2ncccc2c1)N1CCCC(C2(O)CC2)C1. The summed E-state index contributed by atoms with van der Waals surface area (Å²) in [5.41, 5.74) is 1.12. The van der Waals surface area contributed by atoms with Crippen molar-refractivity contribution in [2.45, 2.75) is 31.3 Å². The first kappa shape index (κ1) is 13.7. The van der Waals surface area contributed by atoms with E-state index in [2.05, 4.69) is 4.98 Å². The molecule has 1 aliphatic carbocycles. The summed E-state index contributed by atoms with van der Waals surface area (Å²) >= 11 is 0. The minimum absolute atomic E-state index is 0.0692. The Kier molecular flexibility index (Phi) is 3.15. The summed E-state index contributed by atoms with van der Waals surface area (Å²) in [6, 6.07) is 9.53. The zero-order valence-corrected chi connectivity index (χ0v) is 12.5. The molecule has 4 nitrogen and oxygen atoms in total. The smallest absolute Gasteiger partial charge is 0.253 e. The van der Waals surface area contributed by atoms with Crippen molar-refractivity contribution in [3.05, 3.63) is 42.1 Å². The van der Waals surface area contributed by atoms with Gasteiger partial charge < -0.3 is 10.0 Å². The molecule has 1 N–H and O–H groups in total. The highest BCUT2D eigenvalue weighted by Crippen LogP contribution is 2.45. The number of aromatic nitrogens is 1. The second-order valence-electron chi connectivity index (χ2n) is 6.60. The molecule has 1 aromatic carbocycles. The van der Waals surface area contributed by atoms with E-state index in [4.69, 9.17) is 0 Å². The fourth-order valence-electron chi connectivity index (χ4n) is 3.53. The van der Waals surface area contributed by atoms with Crippen LogP contribution in [0.5, 0.6) is 0 Å². The molecule has 1 aliphatic heterocycles. The predicted octanol–water partition coefficient (Wildman–Crippen LogP) is 2.61. The van der Waals surface area contributed by atoms with Crippen LogP contribution in [0.2, 0.25) is 0 Å². The third-order valence-corrected chi connectivity index (χ3v) is 5.08. The second kappa shape index (κ2) is 5.06. The van der Waals surface area contributed by atoms with Crippen molar-refractivity contribution >= 4 is 16.8 Å². The molecule has 2 fully saturated rings. The normalized spacial score (nSPS) is 23.5. The Morgan fingerprint density at radius 1 is 1.32 bits per heavy atom. The number of carbonyl (C=O) groups excluding carboxylic acids is 1. The third-order valence-electron chi connectivity index (χ3n) is 5.08. The molecule has 0 bridgehead atoms. The van der Waals surface area contributed by atoms with Gasteiger partial charge in [0.25, 0.3) is 5.91 Å². The van der Waals surface area contributed by atoms with Gasteiger partial charge in [0.15, 0.2) is 0 Å². The van der Waals surface area contributed by atoms with Crippen molar-refractivity contribution in [3.63, 3.8) is 0 Å². The second-order valence-corrected chi connectivity index (χ2v) is 6.60. The predicted molar refractivity (Wildman–Crippen MR) is 84.6 cm³/mol. The molecule has 114 valence electrons. The number of rotatable bonds is 2. The van der Waals surface area contributed by atoms with E-state index in [-0.39, 0.29) is 11.8 Å². The van der Waals surface area contributed by atoms with Crippen molar-refractivity contribution in [1.29, 1.82) is 0 Å². The van der Waals surface area contributed by atoms with Crippen molar-refractivity contribution in [2.75, 3.05) is 13.1 Å². The number of likely N-dealkylation sites (tertiary alicyclic amines) is 1. The van der Waals surface area contributed by atoms with Crippen molar-refractivity contribution in [3.8, 4) is 0 Å². The molecule has 4 heteroatoms. The van der Waals surface area contributed by atoms with E-state index in [1.165, 1.54) is 0 Å². The van der Waals surface area contributed by atoms with Gasteiger partial charge in [-0.25, -0.2) is 0 Å². The van der Waals surface area contributed by atoms with Gasteiger partial charge in [0.1, 0.15) is 0 Å². The van der Waals surface area contributed by atoms with E-state index in [1.54, 1.807) is 6.20 Å². The van der Waals surface area contributed by atoms with E-state index < -0.39 is 5.60 Å². The Hall–Kier alpha value is -1.94. The van der Waals surface area contributed by atoms with Gasteiger partial charge in [0, 0.05) is 36.2 Å². The molecule has 1 unspecified atom stereocenters. The molecule has 1 amide bonds. The Bertz CT molecular complexity index is 724. The number of hydrogen-bond acceptors (Lipinski definition) is 3. The molecule has 2 aliphatic rings. The first-order chi connectivity index (χ1) is 10.7. The van der Waals surface area contributed by atoms with E-state index in [0.717, 1.165) is 43.1 Å². The van der Waals surface area contributed by atoms with Gasteiger partial charge in [0.2, 0.25) is 0 Å². The number of carbonyl (C=O) groups is 1. The summed E-state index contributed by atoms with van der Waals surface area (Å²) in [6.07, 6.45) is 5.55. The number of fused-ring (bicyclic) bond motifs is 1. The topological polar surface area (TPSA) is 53.4 Å². The number of hydrogen-bond donors (Lipinski definition) is 1. The van der Waals surface area contributed by atoms with Crippen LogP contribution in [0.3, 0.4) is 0 Å². The third kappa shape index (κ3) is 2.37. The monoisotopic (exact) mass is 296 g/mol. The summed E-state index contributed by atoms with van der Waals surface area (Å²) in [7, 11) is 0. The molecule has 4 rings (SSSR count). The standard InChI is InChI=1S/C18H20N2O2/c21-17(14-5-6-16-13(11-14)3-1-9-19-16)20-10-2-4-15(12-20)18(22)7-8-18/h1,3,5-6,9,11,15,22H,2,4,7-8,10,12H2. The Morgan fingerprint density at radius 2 is 2.18 bits per heavy atom. The highest BCUT2D eigenvalue weighted by atomic mass is 16.3. The maximum atomic E-state index is 12.8. The zero-order valence-electron chi connectivity index (χ0n) is 12.5. The molecule has 2 aromatic rings. The van der Waals surface area contributed by atoms with Crippen LogP contribution in [-0.2, 0) is 0 Å². The average molecular weight is 296 g/mol. The van der Waals surface area contributed by atoms with E-state index in [9.17, 15) is 9.90 Å². The van der Waals surface area contributed by atoms with Gasteiger partial charge in [-0.1, -0.05) is 6.07 Å². The van der Waals surface area contributed by atoms with Crippen molar-refractivity contribution < 1.29 is 9.90 Å². The van der Waals surface area contributed by atoms with Crippen LogP contribution in [0, 0.1) is 5.92 Å². The summed E-state index contributed by atoms with van der Waals surface area (Å²) in [4.78, 5) is 19.0. The number of benzene rings is 1. The molecule has 1 atom stereocenters. The largest absolute Gasteiger partial charge is 0.390 e. The molecule has 0 radical (unpaired) electrons. The highest BCUT2D eigenvalue weighted by Gasteiger charge is 2.49. The molecule has 22 heavy (non-hydrogen) atoms. The first-order valence-corrected chi connectivity index (χ1v) is 8.02. The molecule has 1 saturated heterocycles. The lowest BCUT2D eigenvalue weighted by atomic mass is 9.90. The number of amides is 1. The lowest BCUT2D eigenvalue weighted by Crippen LogP contribution is -2.44. The number of aliphatic hydroxyl groups is 1. The van der Waals surface area contributed by atoms with E-state index in [0.29, 0.717) is 12.1 Å². The summed E-state index contributed by atoms with van der Waals surface area (Å²) in [5, 5.41) is 11.3. The van der Waals surface area contributed by atoms with Crippen LogP contribution < -0.4 is 0 Å². The minimum atomic E-state index is -0.494. The molecule has 1 aromatic heterocycles. The number of nitrogens with zero attached hydrogens (tertiary/aromatic N) is 2. The van der Waals surface area contributed by atoms with Crippen LogP contribution in [0.4, 0.5) is 0 Å². The maximum Gasteiger partial charge on any atom is 0.253 e. The number of pyridine rings is 1. The fourth-order valence-corrected chi connectivity index (χ4v) is 3.53. The average Bonchev–Trinajstić information content (AvgIpc) is 3.33. The Morgan fingerprint density at radius 3 is 3.00 bits per heavy atom. The van der Waals surface area contributed by atoms with Gasteiger partial charge >= 0.3 is 0 Å². The van der Waals surface area contributed by atoms with E-state index >= 15 is 0 Å². The van der Waals surface area contributed by atoms with E-state index in [1.807, 2.05) is 35.2 Å². The fraction of sp³-hybridized carbons (Fsp3) is 0.444. The Labute approximate surface area is 129 Å². The van der Waals surface area contributed by atoms with Gasteiger partial charge in [-0.3, -0.25) is 9.78 Å². The maximum absolute atomic E-state index is 12.8. The van der Waals surface area contributed by atoms with Crippen molar-refractivity contribution in [1.82, 2.24) is 9.88 Å². The molecular weight excluding hydrogens is 276 g/mol. The quantitative estimate of drug-likeness (QED) is 0.927. The molecule has 2 heterocycles. The van der Waals surface area contributed by atoms with Crippen LogP contribution in [0.15, 0.2) is 36.5 Å². The Balaban J connectivity index is 1.56.